The molecule has 0 saturated carbocycles. The summed E-state index contributed by atoms with van der Waals surface area (Å²) in [5.41, 5.74) is 7.11. The third-order valence-corrected chi connectivity index (χ3v) is 7.79. The first-order chi connectivity index (χ1) is 16.4. The zero-order valence-corrected chi connectivity index (χ0v) is 18.9. The number of aromatic hydroxyl groups is 1. The molecule has 0 unspecified atom stereocenters. The summed E-state index contributed by atoms with van der Waals surface area (Å²) in [5, 5.41) is 22.4. The Balaban J connectivity index is 1.67. The number of carbonyl (C=O) groups is 2. The van der Waals surface area contributed by atoms with Gasteiger partial charge in [-0.3, -0.25) is 19.4 Å². The Labute approximate surface area is 197 Å². The largest absolute Gasteiger partial charge is 0.505 e. The summed E-state index contributed by atoms with van der Waals surface area (Å²) < 4.78 is 1.62. The minimum atomic E-state index is -0.861. The van der Waals surface area contributed by atoms with Gasteiger partial charge >= 0.3 is 0 Å². The van der Waals surface area contributed by atoms with Gasteiger partial charge in [0, 0.05) is 16.5 Å². The van der Waals surface area contributed by atoms with Crippen molar-refractivity contribution in [2.45, 2.75) is 25.7 Å². The molecule has 5 aromatic rings. The normalized spacial score (nSPS) is 14.2. The number of aromatic nitrogens is 2. The average Bonchev–Trinajstić information content (AvgIpc) is 3.34. The Morgan fingerprint density at radius 3 is 2.68 bits per heavy atom. The summed E-state index contributed by atoms with van der Waals surface area (Å²) in [6.07, 6.45) is 5.22. The van der Waals surface area contributed by atoms with Crippen LogP contribution < -0.4 is 16.6 Å². The van der Waals surface area contributed by atoms with E-state index in [1.807, 2.05) is 30.3 Å². The number of thiophene rings is 1. The molecule has 3 aromatic heterocycles. The van der Waals surface area contributed by atoms with Crippen molar-refractivity contribution in [3.63, 3.8) is 0 Å². The molecule has 1 amide bonds. The molecule has 0 aliphatic heterocycles. The molecule has 0 bridgehead atoms. The molecule has 0 saturated heterocycles. The van der Waals surface area contributed by atoms with Crippen LogP contribution in [-0.2, 0) is 12.8 Å². The fourth-order valence-electron chi connectivity index (χ4n) is 4.90. The molecule has 0 spiro atoms. The summed E-state index contributed by atoms with van der Waals surface area (Å²) in [4.78, 5) is 31.8. The van der Waals surface area contributed by atoms with E-state index < -0.39 is 11.7 Å². The van der Waals surface area contributed by atoms with Crippen LogP contribution in [0.25, 0.3) is 32.7 Å². The number of nitrogens with one attached hydrogen (secondary N) is 1. The number of aryl methyl sites for hydroxylation is 2. The third-order valence-electron chi connectivity index (χ3n) is 6.51. The van der Waals surface area contributed by atoms with Crippen molar-refractivity contribution in [2.24, 2.45) is 5.73 Å². The molecule has 3 heterocycles. The Morgan fingerprint density at radius 2 is 1.88 bits per heavy atom. The number of hydrogen-bond acceptors (Lipinski definition) is 6. The van der Waals surface area contributed by atoms with E-state index in [0.717, 1.165) is 42.0 Å². The quantitative estimate of drug-likeness (QED) is 0.352. The van der Waals surface area contributed by atoms with Gasteiger partial charge in [0.15, 0.2) is 22.7 Å². The maximum absolute atomic E-state index is 13.3. The van der Waals surface area contributed by atoms with Crippen molar-refractivity contribution >= 4 is 55.7 Å². The van der Waals surface area contributed by atoms with Gasteiger partial charge in [-0.25, -0.2) is 4.98 Å². The lowest BCUT2D eigenvalue weighted by atomic mass is 9.97. The number of ketones is 1. The standard InChI is InChI=1S/C26H20N4O3S/c27-23-20-16-7-3-4-8-19(16)34-26(20)30-17(22(32)21(24(28)33)25(30)29-23)12-18(31)15-10-9-13-5-1-2-6-14(13)11-15/h1-2,5-6,9-12,27,32H,3-4,7-8H2,(H2,28,33)/b17-12+,27-23?. The SMILES string of the molecule is N=c1nc2c(C(N)=O)c(O)/c(=C\C(=O)c3ccc4ccccc4c3)n2c2sc3c(c12)CCCC3. The van der Waals surface area contributed by atoms with Crippen LogP contribution in [0.15, 0.2) is 42.5 Å². The molecular weight excluding hydrogens is 448 g/mol. The highest BCUT2D eigenvalue weighted by Crippen LogP contribution is 2.35. The van der Waals surface area contributed by atoms with E-state index in [0.29, 0.717) is 15.8 Å². The number of nitrogens with two attached hydrogens (primary N) is 1. The second kappa shape index (κ2) is 7.50. The van der Waals surface area contributed by atoms with Crippen molar-refractivity contribution in [1.29, 1.82) is 5.41 Å². The van der Waals surface area contributed by atoms with E-state index in [2.05, 4.69) is 4.98 Å². The molecule has 168 valence electrons. The molecule has 0 radical (unpaired) electrons. The number of benzene rings is 2. The predicted octanol–water partition coefficient (Wildman–Crippen LogP) is 3.25. The smallest absolute Gasteiger partial charge is 0.256 e. The Morgan fingerprint density at radius 1 is 1.12 bits per heavy atom. The Bertz CT molecular complexity index is 1800. The highest BCUT2D eigenvalue weighted by atomic mass is 32.1. The summed E-state index contributed by atoms with van der Waals surface area (Å²) in [5.74, 6) is -1.58. The van der Waals surface area contributed by atoms with E-state index in [-0.39, 0.29) is 27.8 Å². The van der Waals surface area contributed by atoms with Crippen molar-refractivity contribution in [1.82, 2.24) is 9.38 Å². The summed E-state index contributed by atoms with van der Waals surface area (Å²) in [6.45, 7) is 0. The number of fused-ring (bicyclic) bond motifs is 6. The lowest BCUT2D eigenvalue weighted by molar-refractivity contribution is 0.0998. The van der Waals surface area contributed by atoms with Crippen molar-refractivity contribution in [3.8, 4) is 5.75 Å². The van der Waals surface area contributed by atoms with Gasteiger partial charge in [-0.15, -0.1) is 11.3 Å². The first-order valence-electron chi connectivity index (χ1n) is 11.0. The van der Waals surface area contributed by atoms with Gasteiger partial charge in [0.25, 0.3) is 5.91 Å². The number of rotatable bonds is 3. The van der Waals surface area contributed by atoms with Crippen LogP contribution in [0.2, 0.25) is 0 Å². The van der Waals surface area contributed by atoms with Gasteiger partial charge < -0.3 is 10.8 Å². The minimum Gasteiger partial charge on any atom is -0.505 e. The maximum Gasteiger partial charge on any atom is 0.256 e. The van der Waals surface area contributed by atoms with Gasteiger partial charge in [-0.05, 0) is 48.1 Å². The van der Waals surface area contributed by atoms with Crippen molar-refractivity contribution in [3.05, 3.63) is 74.9 Å². The van der Waals surface area contributed by atoms with Crippen LogP contribution in [0.4, 0.5) is 0 Å². The van der Waals surface area contributed by atoms with E-state index in [9.17, 15) is 14.7 Å². The van der Waals surface area contributed by atoms with Gasteiger partial charge in [0.05, 0.1) is 10.7 Å². The van der Waals surface area contributed by atoms with Crippen LogP contribution in [-0.4, -0.2) is 26.2 Å². The number of amides is 1. The number of hydrogen-bond donors (Lipinski definition) is 3. The molecule has 6 rings (SSSR count). The fraction of sp³-hybridized carbons (Fsp3) is 0.154. The molecule has 4 N–H and O–H groups in total. The lowest BCUT2D eigenvalue weighted by Crippen LogP contribution is -2.18. The molecule has 7 nitrogen and oxygen atoms in total. The monoisotopic (exact) mass is 468 g/mol. The predicted molar refractivity (Wildman–Crippen MR) is 131 cm³/mol. The van der Waals surface area contributed by atoms with Crippen LogP contribution in [0.3, 0.4) is 0 Å². The number of primary amides is 1. The molecule has 2 aromatic carbocycles. The minimum absolute atomic E-state index is 0.0503. The summed E-state index contributed by atoms with van der Waals surface area (Å²) >= 11 is 1.52. The van der Waals surface area contributed by atoms with Gasteiger partial charge in [-0.1, -0.05) is 36.4 Å². The summed E-state index contributed by atoms with van der Waals surface area (Å²) in [6, 6.07) is 13.2. The molecule has 0 fully saturated rings. The van der Waals surface area contributed by atoms with Crippen LogP contribution >= 0.6 is 11.3 Å². The van der Waals surface area contributed by atoms with Gasteiger partial charge in [-0.2, -0.15) is 0 Å². The second-order valence-corrected chi connectivity index (χ2v) is 9.64. The molecule has 8 heteroatoms. The molecule has 34 heavy (non-hydrogen) atoms. The van der Waals surface area contributed by atoms with Crippen molar-refractivity contribution in [2.75, 3.05) is 0 Å². The second-order valence-electron chi connectivity index (χ2n) is 8.55. The van der Waals surface area contributed by atoms with Crippen LogP contribution in [0.1, 0.15) is 44.0 Å². The number of nitrogens with zero attached hydrogens (tertiary/aromatic N) is 2. The van der Waals surface area contributed by atoms with Crippen LogP contribution in [0, 0.1) is 5.41 Å². The summed E-state index contributed by atoms with van der Waals surface area (Å²) in [7, 11) is 0. The van der Waals surface area contributed by atoms with Crippen molar-refractivity contribution < 1.29 is 14.7 Å². The van der Waals surface area contributed by atoms with E-state index >= 15 is 0 Å². The zero-order valence-electron chi connectivity index (χ0n) is 18.1. The Kier molecular flexibility index (Phi) is 4.53. The topological polar surface area (TPSA) is 122 Å². The van der Waals surface area contributed by atoms with Gasteiger partial charge in [0.2, 0.25) is 0 Å². The zero-order chi connectivity index (χ0) is 23.6. The third kappa shape index (κ3) is 2.95. The highest BCUT2D eigenvalue weighted by Gasteiger charge is 2.26. The number of Topliss-reactive ketones (excluding diaryl/α,β-unsaturated/α-hetero) is 1. The molecule has 1 aliphatic carbocycles. The van der Waals surface area contributed by atoms with Crippen LogP contribution in [0.5, 0.6) is 5.75 Å². The van der Waals surface area contributed by atoms with Gasteiger partial charge in [0.1, 0.15) is 10.4 Å². The average molecular weight is 469 g/mol. The molecular formula is C26H20N4O3S. The van der Waals surface area contributed by atoms with E-state index in [1.54, 1.807) is 16.5 Å². The maximum atomic E-state index is 13.3. The lowest BCUT2D eigenvalue weighted by Gasteiger charge is -2.09. The molecule has 0 atom stereocenters. The first-order valence-corrected chi connectivity index (χ1v) is 11.9. The Hall–Kier alpha value is -4.04. The fourth-order valence-corrected chi connectivity index (χ4v) is 6.31. The number of carbonyl (C=O) groups excluding carboxylic acids is 2. The van der Waals surface area contributed by atoms with E-state index in [4.69, 9.17) is 11.1 Å². The first kappa shape index (κ1) is 20.6. The molecule has 1 aliphatic rings. The highest BCUT2D eigenvalue weighted by molar-refractivity contribution is 7.18. The van der Waals surface area contributed by atoms with E-state index in [1.165, 1.54) is 22.3 Å².